The lowest BCUT2D eigenvalue weighted by Crippen LogP contribution is -2.28. The predicted octanol–water partition coefficient (Wildman–Crippen LogP) is 4.26. The van der Waals surface area contributed by atoms with Crippen molar-refractivity contribution in [2.75, 3.05) is 6.61 Å². The summed E-state index contributed by atoms with van der Waals surface area (Å²) in [4.78, 5) is 27.8. The zero-order valence-electron chi connectivity index (χ0n) is 16.2. The number of hydrogen-bond donors (Lipinski definition) is 2. The second-order valence-corrected chi connectivity index (χ2v) is 6.03. The Bertz CT molecular complexity index is 783. The van der Waals surface area contributed by atoms with E-state index in [4.69, 9.17) is 28.9 Å². The van der Waals surface area contributed by atoms with Crippen molar-refractivity contribution in [3.63, 3.8) is 0 Å². The number of aromatic nitrogens is 2. The van der Waals surface area contributed by atoms with Gasteiger partial charge in [-0.1, -0.05) is 42.8 Å². The molecule has 0 atom stereocenters. The van der Waals surface area contributed by atoms with Gasteiger partial charge in [-0.2, -0.15) is 17.6 Å². The number of carbonyl (C=O) groups is 2. The minimum atomic E-state index is -2.99. The van der Waals surface area contributed by atoms with E-state index in [-0.39, 0.29) is 20.6 Å². The monoisotopic (exact) mass is 502 g/mol. The van der Waals surface area contributed by atoms with Crippen molar-refractivity contribution in [3.8, 4) is 0 Å². The quantitative estimate of drug-likeness (QED) is 0.347. The highest BCUT2D eigenvalue weighted by atomic mass is 35.5. The molecule has 0 radical (unpaired) electrons. The summed E-state index contributed by atoms with van der Waals surface area (Å²) in [6.07, 6.45) is -2.90. The highest BCUT2D eigenvalue weighted by Crippen LogP contribution is 2.05. The van der Waals surface area contributed by atoms with E-state index in [1.54, 1.807) is 18.3 Å². The predicted molar refractivity (Wildman–Crippen MR) is 114 cm³/mol. The molecule has 2 rings (SSSR count). The van der Waals surface area contributed by atoms with E-state index in [0.29, 0.717) is 22.4 Å². The molecular weight excluding hydrogens is 479 g/mol. The highest BCUT2D eigenvalue weighted by molar-refractivity contribution is 6.29. The molecule has 7 nitrogen and oxygen atoms in total. The Morgan fingerprint density at radius 2 is 1.50 bits per heavy atom. The molecule has 0 unspecified atom stereocenters. The number of nitrogens with one attached hydrogen (secondary N) is 1. The Kier molecular flexibility index (Phi) is 17.9. The number of ether oxygens (including phenoxy) is 1. The SMILES string of the molecule is C.CCOC(=O)C(F)F.NCc1ccc(Cl)nc1.O=C(NCc1ccc(Cl)nc1)C(F)F. The van der Waals surface area contributed by atoms with Crippen molar-refractivity contribution in [1.29, 1.82) is 0 Å². The van der Waals surface area contributed by atoms with Gasteiger partial charge in [-0.15, -0.1) is 0 Å². The lowest BCUT2D eigenvalue weighted by molar-refractivity contribution is -0.155. The van der Waals surface area contributed by atoms with Gasteiger partial charge in [0.15, 0.2) is 0 Å². The summed E-state index contributed by atoms with van der Waals surface area (Å²) in [5.74, 6) is -2.74. The van der Waals surface area contributed by atoms with E-state index >= 15 is 0 Å². The fraction of sp³-hybridized carbons (Fsp3) is 0.368. The number of carbonyl (C=O) groups excluding carboxylic acids is 2. The van der Waals surface area contributed by atoms with Crippen molar-refractivity contribution < 1.29 is 31.9 Å². The minimum absolute atomic E-state index is 0. The molecule has 0 aromatic carbocycles. The molecule has 0 saturated heterocycles. The van der Waals surface area contributed by atoms with Crippen LogP contribution in [-0.2, 0) is 27.4 Å². The molecule has 32 heavy (non-hydrogen) atoms. The van der Waals surface area contributed by atoms with Crippen molar-refractivity contribution in [1.82, 2.24) is 15.3 Å². The number of rotatable bonds is 6. The molecule has 0 spiro atoms. The van der Waals surface area contributed by atoms with Crippen LogP contribution in [0.5, 0.6) is 0 Å². The first-order valence-electron chi connectivity index (χ1n) is 8.52. The molecule has 0 aliphatic rings. The van der Waals surface area contributed by atoms with Gasteiger partial charge >= 0.3 is 18.8 Å². The third-order valence-corrected chi connectivity index (χ3v) is 3.39. The largest absolute Gasteiger partial charge is 0.462 e. The number of nitrogens with zero attached hydrogens (tertiary/aromatic N) is 2. The minimum Gasteiger partial charge on any atom is -0.462 e. The molecule has 0 aliphatic heterocycles. The molecule has 13 heteroatoms. The van der Waals surface area contributed by atoms with Gasteiger partial charge in [0.1, 0.15) is 10.3 Å². The zero-order valence-corrected chi connectivity index (χ0v) is 17.7. The first-order chi connectivity index (χ1) is 14.6. The smallest absolute Gasteiger partial charge is 0.373 e. The summed E-state index contributed by atoms with van der Waals surface area (Å²) >= 11 is 11.0. The Morgan fingerprint density at radius 1 is 1.00 bits per heavy atom. The molecule has 0 fully saturated rings. The molecule has 2 heterocycles. The van der Waals surface area contributed by atoms with Gasteiger partial charge in [0.25, 0.3) is 5.91 Å². The van der Waals surface area contributed by atoms with Crippen molar-refractivity contribution >= 4 is 35.1 Å². The van der Waals surface area contributed by atoms with Gasteiger partial charge in [0.05, 0.1) is 6.61 Å². The summed E-state index contributed by atoms with van der Waals surface area (Å²) in [6, 6.07) is 6.70. The van der Waals surface area contributed by atoms with Crippen molar-refractivity contribution in [2.24, 2.45) is 5.73 Å². The van der Waals surface area contributed by atoms with Crippen LogP contribution in [0, 0.1) is 0 Å². The molecule has 3 N–H and O–H groups in total. The van der Waals surface area contributed by atoms with Crippen LogP contribution in [0.25, 0.3) is 0 Å². The van der Waals surface area contributed by atoms with Crippen LogP contribution in [0.15, 0.2) is 36.7 Å². The van der Waals surface area contributed by atoms with Crippen LogP contribution in [0.1, 0.15) is 25.5 Å². The van der Waals surface area contributed by atoms with E-state index in [0.717, 1.165) is 5.56 Å². The lowest BCUT2D eigenvalue weighted by atomic mass is 10.3. The average molecular weight is 503 g/mol. The summed E-state index contributed by atoms with van der Waals surface area (Å²) < 4.78 is 49.7. The second-order valence-electron chi connectivity index (χ2n) is 5.25. The fourth-order valence-corrected chi connectivity index (χ4v) is 1.73. The standard InChI is InChI=1S/C8H7ClF2N2O.C6H7ClN2.C4H6F2O2.CH4/c9-6-2-1-5(3-12-6)4-13-8(14)7(10)11;7-6-2-1-5(3-8)4-9-6;1-2-8-4(7)3(5)6;/h1-3,7H,4H2,(H,13,14);1-2,4H,3,8H2;3H,2H2,1H3;1H4. The van der Waals surface area contributed by atoms with Crippen LogP contribution in [0.4, 0.5) is 17.6 Å². The van der Waals surface area contributed by atoms with Crippen LogP contribution in [0.3, 0.4) is 0 Å². The fourth-order valence-electron chi connectivity index (χ4n) is 1.51. The maximum Gasteiger partial charge on any atom is 0.373 e. The van der Waals surface area contributed by atoms with E-state index in [1.807, 2.05) is 11.4 Å². The molecule has 0 aliphatic carbocycles. The van der Waals surface area contributed by atoms with Crippen LogP contribution < -0.4 is 11.1 Å². The van der Waals surface area contributed by atoms with Gasteiger partial charge in [0.2, 0.25) is 0 Å². The van der Waals surface area contributed by atoms with Crippen LogP contribution >= 0.6 is 23.2 Å². The Morgan fingerprint density at radius 3 is 1.81 bits per heavy atom. The number of nitrogens with two attached hydrogens (primary N) is 1. The molecule has 2 aromatic rings. The first-order valence-corrected chi connectivity index (χ1v) is 9.27. The Hall–Kier alpha value is -2.50. The van der Waals surface area contributed by atoms with E-state index < -0.39 is 24.7 Å². The Balaban J connectivity index is 0. The molecule has 1 amide bonds. The normalized spacial score (nSPS) is 9.56. The molecule has 0 bridgehead atoms. The summed E-state index contributed by atoms with van der Waals surface area (Å²) in [5.41, 5.74) is 6.93. The maximum atomic E-state index is 11.7. The van der Waals surface area contributed by atoms with Gasteiger partial charge in [-0.3, -0.25) is 4.79 Å². The summed E-state index contributed by atoms with van der Waals surface area (Å²) in [6.45, 7) is 2.01. The van der Waals surface area contributed by atoms with E-state index in [9.17, 15) is 27.2 Å². The molecule has 2 aromatic heterocycles. The number of alkyl halides is 4. The van der Waals surface area contributed by atoms with Gasteiger partial charge < -0.3 is 15.8 Å². The second kappa shape index (κ2) is 18.1. The first kappa shape index (κ1) is 31.7. The highest BCUT2D eigenvalue weighted by Gasteiger charge is 2.15. The Labute approximate surface area is 193 Å². The number of pyridine rings is 2. The molecule has 180 valence electrons. The van der Waals surface area contributed by atoms with E-state index in [2.05, 4.69) is 14.7 Å². The zero-order chi connectivity index (χ0) is 23.8. The molecular formula is C19H24Cl2F4N4O3. The van der Waals surface area contributed by atoms with Crippen LogP contribution in [-0.4, -0.2) is 41.3 Å². The number of hydrogen-bond acceptors (Lipinski definition) is 6. The number of amides is 1. The summed E-state index contributed by atoms with van der Waals surface area (Å²) in [7, 11) is 0. The molecule has 0 saturated carbocycles. The third kappa shape index (κ3) is 15.3. The lowest BCUT2D eigenvalue weighted by Gasteiger charge is -2.03. The topological polar surface area (TPSA) is 107 Å². The van der Waals surface area contributed by atoms with Crippen LogP contribution in [0.2, 0.25) is 10.3 Å². The third-order valence-electron chi connectivity index (χ3n) is 2.94. The number of esters is 1. The average Bonchev–Trinajstić information content (AvgIpc) is 2.74. The van der Waals surface area contributed by atoms with Gasteiger partial charge in [-0.25, -0.2) is 14.8 Å². The van der Waals surface area contributed by atoms with Gasteiger partial charge in [-0.05, 0) is 30.2 Å². The summed E-state index contributed by atoms with van der Waals surface area (Å²) in [5, 5.41) is 2.87. The van der Waals surface area contributed by atoms with Crippen molar-refractivity contribution in [2.45, 2.75) is 40.3 Å². The van der Waals surface area contributed by atoms with Gasteiger partial charge in [0, 0.05) is 25.5 Å². The number of halogens is 6. The van der Waals surface area contributed by atoms with Crippen molar-refractivity contribution in [3.05, 3.63) is 58.1 Å². The van der Waals surface area contributed by atoms with E-state index in [1.165, 1.54) is 19.2 Å². The maximum absolute atomic E-state index is 11.7.